The smallest absolute Gasteiger partial charge is 0.250 e. The lowest BCUT2D eigenvalue weighted by Crippen LogP contribution is -2.66. The van der Waals surface area contributed by atoms with E-state index in [1.165, 1.54) is 13.8 Å². The minimum Gasteiger partial charge on any atom is -0.388 e. The molecule has 2 aliphatic rings. The van der Waals surface area contributed by atoms with E-state index in [0.29, 0.717) is 19.3 Å². The molecule has 42 heavy (non-hydrogen) atoms. The molecule has 0 aliphatic carbocycles. The van der Waals surface area contributed by atoms with Gasteiger partial charge in [-0.1, -0.05) is 6.92 Å². The lowest BCUT2D eigenvalue weighted by atomic mass is 9.90. The number of amides is 1. The maximum atomic E-state index is 12.7. The van der Waals surface area contributed by atoms with Crippen LogP contribution in [-0.4, -0.2) is 143 Å². The minimum absolute atomic E-state index is 0.0801. The number of nitrogens with zero attached hydrogens (tertiary/aromatic N) is 1. The van der Waals surface area contributed by atoms with Crippen molar-refractivity contribution >= 4 is 11.7 Å². The van der Waals surface area contributed by atoms with Crippen LogP contribution in [-0.2, 0) is 23.7 Å². The third-order valence-electron chi connectivity index (χ3n) is 7.65. The van der Waals surface area contributed by atoms with E-state index in [1.54, 1.807) is 20.9 Å². The first kappa shape index (κ1) is 36.7. The van der Waals surface area contributed by atoms with Gasteiger partial charge in [-0.25, -0.2) is 0 Å². The molecule has 0 aromatic carbocycles. The highest BCUT2D eigenvalue weighted by Crippen LogP contribution is 2.27. The fourth-order valence-electron chi connectivity index (χ4n) is 4.87. The number of aliphatic hydroxyl groups is 5. The quantitative estimate of drug-likeness (QED) is 0.0627. The van der Waals surface area contributed by atoms with Crippen LogP contribution in [0.3, 0.4) is 0 Å². The molecule has 0 radical (unpaired) electrons. The van der Waals surface area contributed by atoms with Gasteiger partial charge in [-0.2, -0.15) is 0 Å². The number of ether oxygens (including phenoxy) is 4. The average Bonchev–Trinajstić information content (AvgIpc) is 2.94. The summed E-state index contributed by atoms with van der Waals surface area (Å²) in [5.74, 6) is -0.686. The van der Waals surface area contributed by atoms with E-state index in [2.05, 4.69) is 15.6 Å². The zero-order valence-electron chi connectivity index (χ0n) is 25.1. The number of hydrogen-bond acceptors (Lipinski definition) is 14. The van der Waals surface area contributed by atoms with Crippen molar-refractivity contribution in [3.8, 4) is 0 Å². The van der Waals surface area contributed by atoms with Crippen molar-refractivity contribution in [1.29, 1.82) is 0 Å². The van der Waals surface area contributed by atoms with Crippen LogP contribution in [0.25, 0.3) is 0 Å². The van der Waals surface area contributed by atoms with E-state index in [0.717, 1.165) is 0 Å². The van der Waals surface area contributed by atoms with Gasteiger partial charge in [-0.05, 0) is 47.1 Å². The number of nitrogens with two attached hydrogens (primary N) is 3. The first-order chi connectivity index (χ1) is 19.6. The molecular weight excluding hydrogens is 556 g/mol. The first-order valence-electron chi connectivity index (χ1n) is 14.4. The summed E-state index contributed by atoms with van der Waals surface area (Å²) in [5.41, 5.74) is 16.3. The predicted molar refractivity (Wildman–Crippen MR) is 152 cm³/mol. The van der Waals surface area contributed by atoms with Crippen LogP contribution in [0, 0.1) is 0 Å². The highest BCUT2D eigenvalue weighted by Gasteiger charge is 2.48. The van der Waals surface area contributed by atoms with E-state index < -0.39 is 78.8 Å². The number of carbonyl (C=O) groups excluding carboxylic acids is 1. The molecule has 2 rings (SSSR count). The largest absolute Gasteiger partial charge is 0.388 e. The number of aliphatic imine (C=N–C) groups is 1. The number of aliphatic hydroxyl groups excluding tert-OH is 4. The third-order valence-corrected chi connectivity index (χ3v) is 7.65. The Labute approximate surface area is 246 Å². The second kappa shape index (κ2) is 16.5. The molecule has 2 heterocycles. The lowest BCUT2D eigenvalue weighted by Gasteiger charge is -2.45. The van der Waals surface area contributed by atoms with Gasteiger partial charge in [-0.15, -0.1) is 0 Å². The van der Waals surface area contributed by atoms with Crippen molar-refractivity contribution in [1.82, 2.24) is 10.6 Å². The van der Waals surface area contributed by atoms with Gasteiger partial charge in [0.2, 0.25) is 0 Å². The van der Waals surface area contributed by atoms with E-state index in [9.17, 15) is 30.3 Å². The molecule has 16 nitrogen and oxygen atoms in total. The van der Waals surface area contributed by atoms with Crippen molar-refractivity contribution < 1.29 is 49.3 Å². The topological polar surface area (TPSA) is 270 Å². The van der Waals surface area contributed by atoms with Gasteiger partial charge >= 0.3 is 0 Å². The number of rotatable bonds is 15. The van der Waals surface area contributed by atoms with E-state index >= 15 is 0 Å². The molecular formula is C26H52N6O10. The van der Waals surface area contributed by atoms with Crippen molar-refractivity contribution in [2.75, 3.05) is 26.8 Å². The van der Waals surface area contributed by atoms with Gasteiger partial charge in [-0.3, -0.25) is 9.79 Å². The Morgan fingerprint density at radius 2 is 1.88 bits per heavy atom. The maximum absolute atomic E-state index is 12.7. The molecule has 0 bridgehead atoms. The average molecular weight is 609 g/mol. The number of hydrogen-bond donors (Lipinski definition) is 10. The maximum Gasteiger partial charge on any atom is 0.250 e. The molecule has 2 aliphatic heterocycles. The van der Waals surface area contributed by atoms with E-state index in [1.807, 2.05) is 0 Å². The van der Waals surface area contributed by atoms with Crippen LogP contribution in [0.5, 0.6) is 0 Å². The molecule has 6 unspecified atom stereocenters. The summed E-state index contributed by atoms with van der Waals surface area (Å²) in [6, 6.07) is -3.05. The Kier molecular flexibility index (Phi) is 14.4. The monoisotopic (exact) mass is 608 g/mol. The fraction of sp³-hybridized carbons (Fsp3) is 0.923. The van der Waals surface area contributed by atoms with Crippen molar-refractivity contribution in [3.63, 3.8) is 0 Å². The van der Waals surface area contributed by atoms with E-state index in [-0.39, 0.29) is 31.7 Å². The zero-order chi connectivity index (χ0) is 31.8. The van der Waals surface area contributed by atoms with Crippen LogP contribution in [0.4, 0.5) is 0 Å². The summed E-state index contributed by atoms with van der Waals surface area (Å²) in [4.78, 5) is 16.8. The molecule has 0 aromatic heterocycles. The molecule has 2 fully saturated rings. The molecule has 13 atom stereocenters. The van der Waals surface area contributed by atoms with Gasteiger partial charge in [0, 0.05) is 6.04 Å². The van der Waals surface area contributed by atoms with Crippen molar-refractivity contribution in [3.05, 3.63) is 0 Å². The Bertz CT molecular complexity index is 867. The second-order valence-corrected chi connectivity index (χ2v) is 11.4. The Morgan fingerprint density at radius 1 is 1.21 bits per heavy atom. The van der Waals surface area contributed by atoms with Gasteiger partial charge in [0.05, 0.1) is 44.0 Å². The summed E-state index contributed by atoms with van der Waals surface area (Å²) in [5, 5.41) is 57.9. The summed E-state index contributed by atoms with van der Waals surface area (Å²) in [6.45, 7) is 5.93. The number of carbonyl (C=O) groups is 1. The summed E-state index contributed by atoms with van der Waals surface area (Å²) in [7, 11) is 1.57. The van der Waals surface area contributed by atoms with Crippen molar-refractivity contribution in [2.45, 2.75) is 126 Å². The highest BCUT2D eigenvalue weighted by molar-refractivity contribution is 5.84. The standard InChI is InChI=1S/C26H52N6O10/c1-6-15(27)18(35)23(37)32-12(2)20(42-25-19(36)21(30-5)26(4,38)11-40-25)17(34)10-39-24-16(28)8-7-14(41-24)9-31-22(29)13(3)33/h12-21,24-25,30,33-36,38H,6-11,27-28H2,1-5H3,(H2,29,31)(H,32,37)/t12-,13?,14+,15-,16?,17?,18+,19?,20?,21-,24+,25-,26?/m1/s1. The van der Waals surface area contributed by atoms with Crippen LogP contribution in [0.2, 0.25) is 0 Å². The molecule has 246 valence electrons. The molecule has 16 heteroatoms. The molecule has 2 saturated heterocycles. The van der Waals surface area contributed by atoms with Gasteiger partial charge in [0.15, 0.2) is 12.6 Å². The predicted octanol–water partition coefficient (Wildman–Crippen LogP) is -4.02. The molecule has 0 saturated carbocycles. The SMILES string of the molecule is CC[C@@H](N)[C@H](O)C(=O)N[C@H](C)C(O[C@H]1OCC(C)(O)[C@H](NC)C1O)C(O)CO[C@H]1O[C@H](CN=C(N)C(C)O)CCC1N. The lowest BCUT2D eigenvalue weighted by molar-refractivity contribution is -0.294. The van der Waals surface area contributed by atoms with Gasteiger partial charge in [0.1, 0.15) is 42.0 Å². The molecule has 0 spiro atoms. The van der Waals surface area contributed by atoms with Crippen molar-refractivity contribution in [2.24, 2.45) is 22.2 Å². The minimum atomic E-state index is -1.50. The van der Waals surface area contributed by atoms with Gasteiger partial charge in [0.25, 0.3) is 5.91 Å². The Morgan fingerprint density at radius 3 is 2.48 bits per heavy atom. The Hall–Kier alpha value is -1.54. The Balaban J connectivity index is 2.15. The molecule has 0 aromatic rings. The third kappa shape index (κ3) is 10.0. The van der Waals surface area contributed by atoms with Gasteiger partial charge < -0.3 is 72.3 Å². The summed E-state index contributed by atoms with van der Waals surface area (Å²) >= 11 is 0. The molecule has 1 amide bonds. The van der Waals surface area contributed by atoms with Crippen LogP contribution in [0.15, 0.2) is 4.99 Å². The fourth-order valence-corrected chi connectivity index (χ4v) is 4.87. The highest BCUT2D eigenvalue weighted by atomic mass is 16.7. The first-order valence-corrected chi connectivity index (χ1v) is 14.4. The van der Waals surface area contributed by atoms with E-state index in [4.69, 9.17) is 36.1 Å². The van der Waals surface area contributed by atoms with Crippen LogP contribution >= 0.6 is 0 Å². The van der Waals surface area contributed by atoms with Crippen LogP contribution in [0.1, 0.15) is 47.0 Å². The number of amidine groups is 1. The molecule has 13 N–H and O–H groups in total. The van der Waals surface area contributed by atoms with Crippen LogP contribution < -0.4 is 27.8 Å². The number of nitrogens with one attached hydrogen (secondary N) is 2. The number of likely N-dealkylation sites (N-methyl/N-ethyl adjacent to an activating group) is 1. The summed E-state index contributed by atoms with van der Waals surface area (Å²) in [6.07, 6.45) is -7.44. The normalized spacial score (nSPS) is 35.1. The second-order valence-electron chi connectivity index (χ2n) is 11.4. The summed E-state index contributed by atoms with van der Waals surface area (Å²) < 4.78 is 23.3. The zero-order valence-corrected chi connectivity index (χ0v) is 25.1.